The third-order valence-corrected chi connectivity index (χ3v) is 6.69. The summed E-state index contributed by atoms with van der Waals surface area (Å²) in [5, 5.41) is 0.656. The zero-order valence-corrected chi connectivity index (χ0v) is 19.5. The van der Waals surface area contributed by atoms with Crippen molar-refractivity contribution in [3.05, 3.63) is 95.0 Å². The molecule has 3 aromatic rings. The van der Waals surface area contributed by atoms with Crippen molar-refractivity contribution in [1.82, 2.24) is 14.7 Å². The van der Waals surface area contributed by atoms with Crippen LogP contribution in [0.3, 0.4) is 0 Å². The van der Waals surface area contributed by atoms with Crippen LogP contribution in [0.5, 0.6) is 11.5 Å². The van der Waals surface area contributed by atoms with Gasteiger partial charge < -0.3 is 14.5 Å². The number of hydrogen-bond acceptors (Lipinski definition) is 4. The lowest BCUT2D eigenvalue weighted by Gasteiger charge is -2.48. The Bertz CT molecular complexity index is 1140. The number of carbonyl (C=O) groups excluding carboxylic acids is 2. The van der Waals surface area contributed by atoms with E-state index in [-0.39, 0.29) is 11.8 Å². The molecule has 7 heteroatoms. The maximum atomic E-state index is 12.9. The third-order valence-electron chi connectivity index (χ3n) is 6.44. The summed E-state index contributed by atoms with van der Waals surface area (Å²) < 4.78 is 5.80. The van der Waals surface area contributed by atoms with Crippen LogP contribution >= 0.6 is 11.6 Å². The molecule has 3 aromatic carbocycles. The molecule has 0 atom stereocenters. The highest BCUT2D eigenvalue weighted by Gasteiger charge is 2.37. The summed E-state index contributed by atoms with van der Waals surface area (Å²) >= 11 is 5.90. The van der Waals surface area contributed by atoms with Crippen LogP contribution in [0.2, 0.25) is 5.02 Å². The normalized spacial score (nSPS) is 16.7. The second-order valence-electron chi connectivity index (χ2n) is 8.64. The zero-order valence-electron chi connectivity index (χ0n) is 18.8. The van der Waals surface area contributed by atoms with Crippen molar-refractivity contribution < 1.29 is 14.3 Å². The Balaban J connectivity index is 1.09. The summed E-state index contributed by atoms with van der Waals surface area (Å²) in [7, 11) is 0. The van der Waals surface area contributed by atoms with Gasteiger partial charge in [-0.1, -0.05) is 29.8 Å². The first-order valence-corrected chi connectivity index (χ1v) is 11.9. The first kappa shape index (κ1) is 22.4. The number of halogens is 1. The van der Waals surface area contributed by atoms with E-state index in [1.807, 2.05) is 52.3 Å². The van der Waals surface area contributed by atoms with E-state index in [2.05, 4.69) is 4.90 Å². The van der Waals surface area contributed by atoms with Crippen molar-refractivity contribution in [3.63, 3.8) is 0 Å². The topological polar surface area (TPSA) is 53.1 Å². The number of piperazine rings is 1. The van der Waals surface area contributed by atoms with Crippen LogP contribution in [0.1, 0.15) is 20.7 Å². The molecule has 2 amide bonds. The summed E-state index contributed by atoms with van der Waals surface area (Å²) in [5.41, 5.74) is 1.39. The minimum Gasteiger partial charge on any atom is -0.457 e. The molecule has 2 heterocycles. The Labute approximate surface area is 204 Å². The second-order valence-corrected chi connectivity index (χ2v) is 9.07. The Morgan fingerprint density at radius 3 is 1.82 bits per heavy atom. The Morgan fingerprint density at radius 1 is 0.676 bits per heavy atom. The molecule has 2 aliphatic rings. The minimum atomic E-state index is 0.0344. The molecule has 0 aromatic heterocycles. The average Bonchev–Trinajstić information content (AvgIpc) is 2.85. The van der Waals surface area contributed by atoms with Crippen LogP contribution in [0, 0.1) is 0 Å². The van der Waals surface area contributed by atoms with Crippen molar-refractivity contribution in [1.29, 1.82) is 0 Å². The molecule has 0 saturated carbocycles. The van der Waals surface area contributed by atoms with Gasteiger partial charge in [-0.2, -0.15) is 0 Å². The van der Waals surface area contributed by atoms with Crippen molar-refractivity contribution in [3.8, 4) is 11.5 Å². The molecule has 0 unspecified atom stereocenters. The quantitative estimate of drug-likeness (QED) is 0.548. The number of hydrogen-bond donors (Lipinski definition) is 0. The number of rotatable bonds is 5. The highest BCUT2D eigenvalue weighted by atomic mass is 35.5. The van der Waals surface area contributed by atoms with E-state index in [0.717, 1.165) is 18.7 Å². The smallest absolute Gasteiger partial charge is 0.253 e. The van der Waals surface area contributed by atoms with E-state index >= 15 is 0 Å². The van der Waals surface area contributed by atoms with Gasteiger partial charge >= 0.3 is 0 Å². The van der Waals surface area contributed by atoms with E-state index < -0.39 is 0 Å². The molecule has 0 N–H and O–H groups in total. The molecule has 0 aliphatic carbocycles. The van der Waals surface area contributed by atoms with Crippen molar-refractivity contribution in [2.24, 2.45) is 0 Å². The van der Waals surface area contributed by atoms with Crippen molar-refractivity contribution >= 4 is 23.4 Å². The van der Waals surface area contributed by atoms with Gasteiger partial charge in [0.2, 0.25) is 0 Å². The lowest BCUT2D eigenvalue weighted by molar-refractivity contribution is 0.00854. The van der Waals surface area contributed by atoms with Crippen LogP contribution in [-0.4, -0.2) is 71.8 Å². The minimum absolute atomic E-state index is 0.0344. The van der Waals surface area contributed by atoms with E-state index in [1.165, 1.54) is 0 Å². The van der Waals surface area contributed by atoms with Gasteiger partial charge in [-0.15, -0.1) is 0 Å². The predicted octanol–water partition coefficient (Wildman–Crippen LogP) is 4.41. The molecule has 174 valence electrons. The number of amides is 2. The fraction of sp³-hybridized carbons (Fsp3) is 0.259. The van der Waals surface area contributed by atoms with Gasteiger partial charge in [0.05, 0.1) is 0 Å². The van der Waals surface area contributed by atoms with Gasteiger partial charge in [-0.25, -0.2) is 0 Å². The van der Waals surface area contributed by atoms with Crippen molar-refractivity contribution in [2.75, 3.05) is 39.3 Å². The molecule has 34 heavy (non-hydrogen) atoms. The first-order chi connectivity index (χ1) is 16.6. The van der Waals surface area contributed by atoms with Crippen LogP contribution in [-0.2, 0) is 0 Å². The van der Waals surface area contributed by atoms with Gasteiger partial charge in [0.1, 0.15) is 11.5 Å². The second kappa shape index (κ2) is 9.87. The number of carbonyl (C=O) groups is 2. The van der Waals surface area contributed by atoms with Crippen molar-refractivity contribution in [2.45, 2.75) is 6.04 Å². The number of benzene rings is 3. The first-order valence-electron chi connectivity index (χ1n) is 11.5. The summed E-state index contributed by atoms with van der Waals surface area (Å²) in [5.74, 6) is 1.49. The van der Waals surface area contributed by atoms with Gasteiger partial charge in [-0.05, 0) is 60.7 Å². The summed E-state index contributed by atoms with van der Waals surface area (Å²) in [6, 6.07) is 24.2. The fourth-order valence-electron chi connectivity index (χ4n) is 4.39. The largest absolute Gasteiger partial charge is 0.457 e. The van der Waals surface area contributed by atoms with Gasteiger partial charge in [0, 0.05) is 61.5 Å². The molecule has 0 radical (unpaired) electrons. The van der Waals surface area contributed by atoms with Crippen LogP contribution in [0.15, 0.2) is 78.9 Å². The van der Waals surface area contributed by atoms with E-state index in [0.29, 0.717) is 54.3 Å². The summed E-state index contributed by atoms with van der Waals surface area (Å²) in [6.07, 6.45) is 0. The lowest BCUT2D eigenvalue weighted by atomic mass is 10.0. The lowest BCUT2D eigenvalue weighted by Crippen LogP contribution is -2.64. The molecule has 0 bridgehead atoms. The molecule has 0 spiro atoms. The van der Waals surface area contributed by atoms with Gasteiger partial charge in [-0.3, -0.25) is 14.5 Å². The zero-order chi connectivity index (χ0) is 23.5. The van der Waals surface area contributed by atoms with E-state index in [1.54, 1.807) is 36.4 Å². The molecule has 6 nitrogen and oxygen atoms in total. The molecule has 2 fully saturated rings. The summed E-state index contributed by atoms with van der Waals surface area (Å²) in [6.45, 7) is 4.54. The van der Waals surface area contributed by atoms with Gasteiger partial charge in [0.25, 0.3) is 11.8 Å². The average molecular weight is 476 g/mol. The fourth-order valence-corrected chi connectivity index (χ4v) is 4.52. The number of likely N-dealkylation sites (tertiary alicyclic amines) is 1. The molecular formula is C27H26ClN3O3. The molecule has 2 aliphatic heterocycles. The maximum Gasteiger partial charge on any atom is 0.253 e. The Kier molecular flexibility index (Phi) is 6.52. The van der Waals surface area contributed by atoms with E-state index in [9.17, 15) is 9.59 Å². The summed E-state index contributed by atoms with van der Waals surface area (Å²) in [4.78, 5) is 31.7. The predicted molar refractivity (Wildman–Crippen MR) is 132 cm³/mol. The SMILES string of the molecule is O=C(c1ccccc1)N1CCN(C2CN(C(=O)c3ccc(Oc4ccc(Cl)cc4)cc3)C2)CC1. The monoisotopic (exact) mass is 475 g/mol. The third kappa shape index (κ3) is 4.93. The highest BCUT2D eigenvalue weighted by Crippen LogP contribution is 2.25. The molecule has 2 saturated heterocycles. The van der Waals surface area contributed by atoms with Crippen LogP contribution < -0.4 is 4.74 Å². The Hall–Kier alpha value is -3.35. The highest BCUT2D eigenvalue weighted by molar-refractivity contribution is 6.30. The van der Waals surface area contributed by atoms with Gasteiger partial charge in [0.15, 0.2) is 0 Å². The Morgan fingerprint density at radius 2 is 1.21 bits per heavy atom. The van der Waals surface area contributed by atoms with Crippen LogP contribution in [0.25, 0.3) is 0 Å². The molecular weight excluding hydrogens is 450 g/mol. The standard InChI is InChI=1S/C27H26ClN3O3/c28-22-8-12-25(13-9-22)34-24-10-6-21(7-11-24)27(33)31-18-23(19-31)29-14-16-30(17-15-29)26(32)20-4-2-1-3-5-20/h1-13,23H,14-19H2. The van der Waals surface area contributed by atoms with Crippen LogP contribution in [0.4, 0.5) is 0 Å². The number of nitrogens with zero attached hydrogens (tertiary/aromatic N) is 3. The maximum absolute atomic E-state index is 12.9. The molecule has 5 rings (SSSR count). The van der Waals surface area contributed by atoms with E-state index in [4.69, 9.17) is 16.3 Å². The number of ether oxygens (including phenoxy) is 1.